The van der Waals surface area contributed by atoms with Gasteiger partial charge in [0.1, 0.15) is 6.04 Å². The van der Waals surface area contributed by atoms with Crippen molar-refractivity contribution < 1.29 is 19.2 Å². The standard InChI is InChI=1S/C20H24N4O4/c25-16-7-6-15(18(26)23-16)24-19(27)14-5-1-3-12(17(14)20(24)28)11-21-10-8-13-4-2-9-22-13/h1,3,5,13,15,21-22H,2,4,6-11H2,(H,23,25,26)/t13-,15?/m1/s1. The highest BCUT2D eigenvalue weighted by molar-refractivity contribution is 6.24. The van der Waals surface area contributed by atoms with Crippen LogP contribution < -0.4 is 16.0 Å². The molecule has 2 atom stereocenters. The Hall–Kier alpha value is -2.58. The summed E-state index contributed by atoms with van der Waals surface area (Å²) in [5.74, 6) is -1.88. The van der Waals surface area contributed by atoms with Gasteiger partial charge in [0.25, 0.3) is 11.8 Å². The molecule has 2 saturated heterocycles. The molecule has 3 aliphatic heterocycles. The lowest BCUT2D eigenvalue weighted by molar-refractivity contribution is -0.136. The van der Waals surface area contributed by atoms with Crippen LogP contribution in [0.3, 0.4) is 0 Å². The highest BCUT2D eigenvalue weighted by Crippen LogP contribution is 2.29. The molecule has 0 aromatic heterocycles. The molecular weight excluding hydrogens is 360 g/mol. The predicted octanol–water partition coefficient (Wildman–Crippen LogP) is 0.320. The zero-order chi connectivity index (χ0) is 19.7. The van der Waals surface area contributed by atoms with Crippen LogP contribution >= 0.6 is 0 Å². The molecule has 1 unspecified atom stereocenters. The van der Waals surface area contributed by atoms with Crippen LogP contribution in [-0.4, -0.2) is 53.7 Å². The second-order valence-corrected chi connectivity index (χ2v) is 7.55. The quantitative estimate of drug-likeness (QED) is 0.482. The molecule has 2 fully saturated rings. The summed E-state index contributed by atoms with van der Waals surface area (Å²) in [7, 11) is 0. The maximum absolute atomic E-state index is 13.0. The van der Waals surface area contributed by atoms with Crippen molar-refractivity contribution in [3.05, 3.63) is 34.9 Å². The average Bonchev–Trinajstić information content (AvgIpc) is 3.27. The monoisotopic (exact) mass is 384 g/mol. The van der Waals surface area contributed by atoms with Gasteiger partial charge in [-0.05, 0) is 50.4 Å². The molecule has 0 spiro atoms. The van der Waals surface area contributed by atoms with Crippen molar-refractivity contribution in [2.45, 2.75) is 50.7 Å². The van der Waals surface area contributed by atoms with Gasteiger partial charge in [-0.25, -0.2) is 0 Å². The highest BCUT2D eigenvalue weighted by Gasteiger charge is 2.45. The van der Waals surface area contributed by atoms with Crippen LogP contribution in [0.1, 0.15) is 58.4 Å². The number of piperidine rings is 1. The van der Waals surface area contributed by atoms with E-state index in [1.165, 1.54) is 12.8 Å². The van der Waals surface area contributed by atoms with E-state index < -0.39 is 23.8 Å². The Morgan fingerprint density at radius 2 is 1.96 bits per heavy atom. The molecule has 0 bridgehead atoms. The number of benzene rings is 1. The summed E-state index contributed by atoms with van der Waals surface area (Å²) in [5.41, 5.74) is 1.44. The lowest BCUT2D eigenvalue weighted by Gasteiger charge is -2.27. The SMILES string of the molecule is O=C1CCC(N2C(=O)c3cccc(CNCC[C@H]4CCCN4)c3C2=O)C(=O)N1. The summed E-state index contributed by atoms with van der Waals surface area (Å²) in [6, 6.07) is 4.82. The molecule has 148 valence electrons. The third-order valence-corrected chi connectivity index (χ3v) is 5.70. The van der Waals surface area contributed by atoms with E-state index >= 15 is 0 Å². The Morgan fingerprint density at radius 1 is 1.11 bits per heavy atom. The fourth-order valence-corrected chi connectivity index (χ4v) is 4.23. The molecule has 0 aliphatic carbocycles. The van der Waals surface area contributed by atoms with Crippen LogP contribution in [0, 0.1) is 0 Å². The Morgan fingerprint density at radius 3 is 2.71 bits per heavy atom. The first kappa shape index (κ1) is 18.8. The molecule has 1 aromatic rings. The maximum Gasteiger partial charge on any atom is 0.262 e. The maximum atomic E-state index is 13.0. The van der Waals surface area contributed by atoms with Crippen LogP contribution in [0.4, 0.5) is 0 Å². The number of carbonyl (C=O) groups is 4. The zero-order valence-electron chi connectivity index (χ0n) is 15.6. The number of hydrogen-bond donors (Lipinski definition) is 3. The number of nitrogens with one attached hydrogen (secondary N) is 3. The Labute approximate surface area is 163 Å². The lowest BCUT2D eigenvalue weighted by atomic mass is 10.0. The average molecular weight is 384 g/mol. The minimum Gasteiger partial charge on any atom is -0.314 e. The number of amides is 4. The molecule has 3 aliphatic rings. The number of fused-ring (bicyclic) bond motifs is 1. The van der Waals surface area contributed by atoms with Gasteiger partial charge in [-0.15, -0.1) is 0 Å². The molecule has 3 heterocycles. The van der Waals surface area contributed by atoms with E-state index in [4.69, 9.17) is 0 Å². The fourth-order valence-electron chi connectivity index (χ4n) is 4.23. The van der Waals surface area contributed by atoms with E-state index in [-0.39, 0.29) is 18.7 Å². The molecule has 1 aromatic carbocycles. The van der Waals surface area contributed by atoms with Crippen LogP contribution in [0.5, 0.6) is 0 Å². The smallest absolute Gasteiger partial charge is 0.262 e. The number of hydrogen-bond acceptors (Lipinski definition) is 6. The van der Waals surface area contributed by atoms with Gasteiger partial charge in [-0.1, -0.05) is 12.1 Å². The normalized spacial score (nSPS) is 24.6. The van der Waals surface area contributed by atoms with E-state index in [1.807, 2.05) is 6.07 Å². The van der Waals surface area contributed by atoms with Crippen molar-refractivity contribution in [1.29, 1.82) is 0 Å². The van der Waals surface area contributed by atoms with Crippen LogP contribution in [0.15, 0.2) is 18.2 Å². The Bertz CT molecular complexity index is 831. The predicted molar refractivity (Wildman–Crippen MR) is 100 cm³/mol. The minimum atomic E-state index is -0.931. The first-order valence-corrected chi connectivity index (χ1v) is 9.84. The van der Waals surface area contributed by atoms with Crippen LogP contribution in [0.2, 0.25) is 0 Å². The number of nitrogens with zero attached hydrogens (tertiary/aromatic N) is 1. The third kappa shape index (κ3) is 3.45. The van der Waals surface area contributed by atoms with Gasteiger partial charge in [0.15, 0.2) is 0 Å². The minimum absolute atomic E-state index is 0.118. The topological polar surface area (TPSA) is 108 Å². The largest absolute Gasteiger partial charge is 0.314 e. The molecule has 8 nitrogen and oxygen atoms in total. The molecule has 0 saturated carbocycles. The van der Waals surface area contributed by atoms with Gasteiger partial charge in [0.05, 0.1) is 11.1 Å². The molecule has 0 radical (unpaired) electrons. The van der Waals surface area contributed by atoms with Gasteiger partial charge in [-0.3, -0.25) is 29.4 Å². The van der Waals surface area contributed by atoms with Gasteiger partial charge < -0.3 is 10.6 Å². The van der Waals surface area contributed by atoms with Crippen molar-refractivity contribution in [3.63, 3.8) is 0 Å². The highest BCUT2D eigenvalue weighted by atomic mass is 16.2. The van der Waals surface area contributed by atoms with Gasteiger partial charge in [0.2, 0.25) is 11.8 Å². The number of carbonyl (C=O) groups excluding carboxylic acids is 4. The lowest BCUT2D eigenvalue weighted by Crippen LogP contribution is -2.54. The van der Waals surface area contributed by atoms with Crippen molar-refractivity contribution in [3.8, 4) is 0 Å². The number of imide groups is 2. The van der Waals surface area contributed by atoms with Gasteiger partial charge in [0, 0.05) is 19.0 Å². The van der Waals surface area contributed by atoms with Crippen molar-refractivity contribution in [2.75, 3.05) is 13.1 Å². The fraction of sp³-hybridized carbons (Fsp3) is 0.500. The summed E-state index contributed by atoms with van der Waals surface area (Å²) in [6.45, 7) is 2.38. The first-order valence-electron chi connectivity index (χ1n) is 9.84. The second kappa shape index (κ2) is 7.81. The van der Waals surface area contributed by atoms with Crippen LogP contribution in [-0.2, 0) is 16.1 Å². The van der Waals surface area contributed by atoms with E-state index in [2.05, 4.69) is 16.0 Å². The molecule has 8 heteroatoms. The second-order valence-electron chi connectivity index (χ2n) is 7.55. The summed E-state index contributed by atoms with van der Waals surface area (Å²) < 4.78 is 0. The third-order valence-electron chi connectivity index (χ3n) is 5.70. The summed E-state index contributed by atoms with van der Waals surface area (Å²) >= 11 is 0. The number of rotatable bonds is 6. The molecule has 28 heavy (non-hydrogen) atoms. The van der Waals surface area contributed by atoms with E-state index in [0.29, 0.717) is 23.7 Å². The van der Waals surface area contributed by atoms with Crippen molar-refractivity contribution >= 4 is 23.6 Å². The molecule has 4 rings (SSSR count). The molecular formula is C20H24N4O4. The molecule has 3 N–H and O–H groups in total. The van der Waals surface area contributed by atoms with Gasteiger partial charge in [-0.2, -0.15) is 0 Å². The van der Waals surface area contributed by atoms with Crippen LogP contribution in [0.25, 0.3) is 0 Å². The van der Waals surface area contributed by atoms with Crippen molar-refractivity contribution in [1.82, 2.24) is 20.9 Å². The van der Waals surface area contributed by atoms with E-state index in [0.717, 1.165) is 30.0 Å². The molecule has 4 amide bonds. The van der Waals surface area contributed by atoms with E-state index in [9.17, 15) is 19.2 Å². The summed E-state index contributed by atoms with van der Waals surface area (Å²) in [4.78, 5) is 50.3. The van der Waals surface area contributed by atoms with E-state index in [1.54, 1.807) is 12.1 Å². The zero-order valence-corrected chi connectivity index (χ0v) is 15.6. The first-order chi connectivity index (χ1) is 13.6. The Kier molecular flexibility index (Phi) is 5.23. The summed E-state index contributed by atoms with van der Waals surface area (Å²) in [5, 5.41) is 9.02. The summed E-state index contributed by atoms with van der Waals surface area (Å²) in [6.07, 6.45) is 3.70. The Balaban J connectivity index is 1.46. The van der Waals surface area contributed by atoms with Crippen molar-refractivity contribution in [2.24, 2.45) is 0 Å². The van der Waals surface area contributed by atoms with Gasteiger partial charge >= 0.3 is 0 Å².